The zero-order valence-corrected chi connectivity index (χ0v) is 11.5. The zero-order chi connectivity index (χ0) is 13.4. The van der Waals surface area contributed by atoms with Crippen molar-refractivity contribution in [3.8, 4) is 5.75 Å². The van der Waals surface area contributed by atoms with Gasteiger partial charge in [-0.25, -0.2) is 0 Å². The molecule has 0 aliphatic heterocycles. The van der Waals surface area contributed by atoms with E-state index < -0.39 is 0 Å². The molecule has 1 rings (SSSR count). The summed E-state index contributed by atoms with van der Waals surface area (Å²) in [5.74, 6) is 0.809. The standard InChI is InChI=1S/C14H24N2O2/c1-4-6-18-14-8-12(15)7-13(9-14)16-10-11(3)17-5-2/h7-9,11,16H,4-6,10,15H2,1-3H3. The first-order valence-electron chi connectivity index (χ1n) is 6.54. The lowest BCUT2D eigenvalue weighted by atomic mass is 10.2. The monoisotopic (exact) mass is 252 g/mol. The quantitative estimate of drug-likeness (QED) is 0.698. The summed E-state index contributed by atoms with van der Waals surface area (Å²) in [5, 5.41) is 3.30. The van der Waals surface area contributed by atoms with Gasteiger partial charge in [-0.05, 0) is 26.3 Å². The molecule has 0 fully saturated rings. The molecule has 3 N–H and O–H groups in total. The molecule has 1 aromatic rings. The van der Waals surface area contributed by atoms with E-state index >= 15 is 0 Å². The Morgan fingerprint density at radius 2 is 2.06 bits per heavy atom. The van der Waals surface area contributed by atoms with Crippen LogP contribution in [0, 0.1) is 0 Å². The lowest BCUT2D eigenvalue weighted by Crippen LogP contribution is -2.19. The summed E-state index contributed by atoms with van der Waals surface area (Å²) in [4.78, 5) is 0. The summed E-state index contributed by atoms with van der Waals surface area (Å²) in [6, 6.07) is 5.70. The van der Waals surface area contributed by atoms with Crippen molar-refractivity contribution >= 4 is 11.4 Å². The number of hydrogen-bond acceptors (Lipinski definition) is 4. The number of nitrogen functional groups attached to an aromatic ring is 1. The highest BCUT2D eigenvalue weighted by molar-refractivity contribution is 5.59. The first-order valence-corrected chi connectivity index (χ1v) is 6.54. The molecular formula is C14H24N2O2. The fourth-order valence-electron chi connectivity index (χ4n) is 1.63. The second-order valence-electron chi connectivity index (χ2n) is 4.29. The molecule has 0 saturated heterocycles. The average molecular weight is 252 g/mol. The van der Waals surface area contributed by atoms with E-state index in [2.05, 4.69) is 12.2 Å². The van der Waals surface area contributed by atoms with Gasteiger partial charge in [-0.1, -0.05) is 6.92 Å². The molecule has 0 aromatic heterocycles. The lowest BCUT2D eigenvalue weighted by Gasteiger charge is -2.15. The van der Waals surface area contributed by atoms with Gasteiger partial charge in [-0.15, -0.1) is 0 Å². The minimum atomic E-state index is 0.177. The minimum Gasteiger partial charge on any atom is -0.493 e. The van der Waals surface area contributed by atoms with E-state index in [1.54, 1.807) is 0 Å². The van der Waals surface area contributed by atoms with Crippen molar-refractivity contribution in [2.75, 3.05) is 30.8 Å². The third kappa shape index (κ3) is 5.27. The molecule has 0 aliphatic carbocycles. The van der Waals surface area contributed by atoms with Gasteiger partial charge in [0.25, 0.3) is 0 Å². The van der Waals surface area contributed by atoms with Gasteiger partial charge in [0.05, 0.1) is 12.7 Å². The predicted molar refractivity (Wildman–Crippen MR) is 76.2 cm³/mol. The van der Waals surface area contributed by atoms with Gasteiger partial charge < -0.3 is 20.5 Å². The van der Waals surface area contributed by atoms with Gasteiger partial charge in [-0.2, -0.15) is 0 Å². The number of benzene rings is 1. The van der Waals surface area contributed by atoms with E-state index in [9.17, 15) is 0 Å². The van der Waals surface area contributed by atoms with Gasteiger partial charge in [0.2, 0.25) is 0 Å². The van der Waals surface area contributed by atoms with Crippen LogP contribution in [0.1, 0.15) is 27.2 Å². The van der Waals surface area contributed by atoms with Crippen LogP contribution in [0.15, 0.2) is 18.2 Å². The fourth-order valence-corrected chi connectivity index (χ4v) is 1.63. The largest absolute Gasteiger partial charge is 0.493 e. The lowest BCUT2D eigenvalue weighted by molar-refractivity contribution is 0.0855. The summed E-state index contributed by atoms with van der Waals surface area (Å²) in [6.45, 7) is 8.30. The van der Waals surface area contributed by atoms with Crippen LogP contribution in [-0.4, -0.2) is 25.9 Å². The van der Waals surface area contributed by atoms with E-state index in [0.717, 1.165) is 31.0 Å². The Morgan fingerprint density at radius 1 is 1.28 bits per heavy atom. The highest BCUT2D eigenvalue weighted by Crippen LogP contribution is 2.22. The van der Waals surface area contributed by atoms with Crippen LogP contribution >= 0.6 is 0 Å². The second-order valence-corrected chi connectivity index (χ2v) is 4.29. The van der Waals surface area contributed by atoms with Crippen molar-refractivity contribution in [1.82, 2.24) is 0 Å². The summed E-state index contributed by atoms with van der Waals surface area (Å²) in [5.41, 5.74) is 7.51. The van der Waals surface area contributed by atoms with Crippen LogP contribution in [0.2, 0.25) is 0 Å². The first-order chi connectivity index (χ1) is 8.65. The maximum Gasteiger partial charge on any atom is 0.123 e. The van der Waals surface area contributed by atoms with Crippen LogP contribution < -0.4 is 15.8 Å². The molecule has 0 heterocycles. The fraction of sp³-hybridized carbons (Fsp3) is 0.571. The van der Waals surface area contributed by atoms with Gasteiger partial charge in [0.1, 0.15) is 5.75 Å². The van der Waals surface area contributed by atoms with E-state index in [1.807, 2.05) is 32.0 Å². The number of nitrogens with one attached hydrogen (secondary N) is 1. The SMILES string of the molecule is CCCOc1cc(N)cc(NCC(C)OCC)c1. The van der Waals surface area contributed by atoms with Gasteiger partial charge in [0.15, 0.2) is 0 Å². The average Bonchev–Trinajstić information content (AvgIpc) is 2.34. The highest BCUT2D eigenvalue weighted by Gasteiger charge is 2.03. The Balaban J connectivity index is 2.56. The van der Waals surface area contributed by atoms with Crippen molar-refractivity contribution in [2.45, 2.75) is 33.3 Å². The van der Waals surface area contributed by atoms with Crippen LogP contribution in [0.5, 0.6) is 5.75 Å². The summed E-state index contributed by atoms with van der Waals surface area (Å²) in [7, 11) is 0. The van der Waals surface area contributed by atoms with Crippen molar-refractivity contribution in [2.24, 2.45) is 0 Å². The molecule has 102 valence electrons. The van der Waals surface area contributed by atoms with Gasteiger partial charge in [0, 0.05) is 36.7 Å². The second kappa shape index (κ2) is 7.82. The maximum absolute atomic E-state index is 5.84. The van der Waals surface area contributed by atoms with E-state index in [0.29, 0.717) is 12.3 Å². The van der Waals surface area contributed by atoms with Crippen molar-refractivity contribution in [3.63, 3.8) is 0 Å². The molecular weight excluding hydrogens is 228 g/mol. The molecule has 4 nitrogen and oxygen atoms in total. The van der Waals surface area contributed by atoms with Gasteiger partial charge in [-0.3, -0.25) is 0 Å². The molecule has 18 heavy (non-hydrogen) atoms. The van der Waals surface area contributed by atoms with Crippen molar-refractivity contribution in [1.29, 1.82) is 0 Å². The molecule has 0 bridgehead atoms. The Kier molecular flexibility index (Phi) is 6.36. The van der Waals surface area contributed by atoms with Crippen molar-refractivity contribution < 1.29 is 9.47 Å². The summed E-state index contributed by atoms with van der Waals surface area (Å²) >= 11 is 0. The topological polar surface area (TPSA) is 56.5 Å². The molecule has 4 heteroatoms. The summed E-state index contributed by atoms with van der Waals surface area (Å²) in [6.07, 6.45) is 1.16. The molecule has 1 unspecified atom stereocenters. The molecule has 1 aromatic carbocycles. The molecule has 0 saturated carbocycles. The Hall–Kier alpha value is -1.42. The van der Waals surface area contributed by atoms with Crippen LogP contribution in [-0.2, 0) is 4.74 Å². The number of nitrogens with two attached hydrogens (primary N) is 1. The zero-order valence-electron chi connectivity index (χ0n) is 11.5. The highest BCUT2D eigenvalue weighted by atomic mass is 16.5. The number of hydrogen-bond donors (Lipinski definition) is 2. The van der Waals surface area contributed by atoms with Crippen molar-refractivity contribution in [3.05, 3.63) is 18.2 Å². The normalized spacial score (nSPS) is 12.2. The van der Waals surface area contributed by atoms with E-state index in [4.69, 9.17) is 15.2 Å². The molecule has 0 radical (unpaired) electrons. The van der Waals surface area contributed by atoms with Crippen LogP contribution in [0.25, 0.3) is 0 Å². The molecule has 0 spiro atoms. The number of ether oxygens (including phenoxy) is 2. The predicted octanol–water partition coefficient (Wildman–Crippen LogP) is 2.89. The molecule has 0 amide bonds. The summed E-state index contributed by atoms with van der Waals surface area (Å²) < 4.78 is 11.0. The molecule has 1 atom stereocenters. The Labute approximate surface area is 109 Å². The number of rotatable bonds is 8. The third-order valence-electron chi connectivity index (χ3n) is 2.45. The van der Waals surface area contributed by atoms with Gasteiger partial charge >= 0.3 is 0 Å². The smallest absolute Gasteiger partial charge is 0.123 e. The molecule has 0 aliphatic rings. The van der Waals surface area contributed by atoms with E-state index in [1.165, 1.54) is 0 Å². The third-order valence-corrected chi connectivity index (χ3v) is 2.45. The first kappa shape index (κ1) is 14.6. The number of anilines is 2. The maximum atomic E-state index is 5.84. The van der Waals surface area contributed by atoms with Crippen LogP contribution in [0.3, 0.4) is 0 Å². The Morgan fingerprint density at radius 3 is 2.72 bits per heavy atom. The van der Waals surface area contributed by atoms with E-state index in [-0.39, 0.29) is 6.10 Å². The minimum absolute atomic E-state index is 0.177. The van der Waals surface area contributed by atoms with Crippen LogP contribution in [0.4, 0.5) is 11.4 Å². The Bertz CT molecular complexity index is 356.